The number of para-hydroxylation sites is 1. The summed E-state index contributed by atoms with van der Waals surface area (Å²) in [6, 6.07) is 5.01. The number of hydrogen-bond acceptors (Lipinski definition) is 5. The van der Waals surface area contributed by atoms with E-state index in [9.17, 15) is 9.59 Å². The first-order valence-corrected chi connectivity index (χ1v) is 7.08. The van der Waals surface area contributed by atoms with E-state index in [1.54, 1.807) is 30.7 Å². The van der Waals surface area contributed by atoms with Crippen LogP contribution in [0.3, 0.4) is 0 Å². The summed E-state index contributed by atoms with van der Waals surface area (Å²) in [5.74, 6) is -1.19. The van der Waals surface area contributed by atoms with Crippen LogP contribution in [0.4, 0.5) is 5.69 Å². The topological polar surface area (TPSA) is 96.0 Å². The van der Waals surface area contributed by atoms with E-state index in [-0.39, 0.29) is 17.4 Å². The van der Waals surface area contributed by atoms with Gasteiger partial charge in [0.25, 0.3) is 0 Å². The molecule has 1 atom stereocenters. The van der Waals surface area contributed by atoms with Gasteiger partial charge in [-0.2, -0.15) is 0 Å². The number of imidazole rings is 1. The van der Waals surface area contributed by atoms with E-state index in [1.165, 1.54) is 0 Å². The lowest BCUT2D eigenvalue weighted by Gasteiger charge is -2.22. The molecule has 2 N–H and O–H groups in total. The van der Waals surface area contributed by atoms with Crippen LogP contribution in [0.1, 0.15) is 16.9 Å². The van der Waals surface area contributed by atoms with Crippen LogP contribution >= 0.6 is 0 Å². The standard InChI is InChI=1S/C15H14N4O3/c16-11-2-1-3-12-13(11)22-15(21)19(12)14(20)9-4-5-18-8-17-7-10(18)6-9/h1-3,7-9H,4-6,16H2. The van der Waals surface area contributed by atoms with Gasteiger partial charge in [0.15, 0.2) is 5.58 Å². The molecule has 1 aromatic carbocycles. The number of nitrogen functional groups attached to an aromatic ring is 1. The number of carbonyl (C=O) groups excluding carboxylic acids is 1. The van der Waals surface area contributed by atoms with Gasteiger partial charge in [0.05, 0.1) is 12.0 Å². The highest BCUT2D eigenvalue weighted by atomic mass is 16.4. The summed E-state index contributed by atoms with van der Waals surface area (Å²) in [5, 5.41) is 0. The third-order valence-electron chi connectivity index (χ3n) is 4.18. The molecule has 0 radical (unpaired) electrons. The molecule has 4 rings (SSSR count). The van der Waals surface area contributed by atoms with Crippen LogP contribution < -0.4 is 11.5 Å². The molecule has 0 fully saturated rings. The van der Waals surface area contributed by atoms with Crippen LogP contribution in [0.25, 0.3) is 11.1 Å². The lowest BCUT2D eigenvalue weighted by Crippen LogP contribution is -2.33. The normalized spacial score (nSPS) is 17.5. The Labute approximate surface area is 125 Å². The number of nitrogens with zero attached hydrogens (tertiary/aromatic N) is 3. The maximum atomic E-state index is 12.8. The Kier molecular flexibility index (Phi) is 2.69. The SMILES string of the molecule is Nc1cccc2c1oc(=O)n2C(=O)C1CCn2cncc2C1. The average molecular weight is 298 g/mol. The van der Waals surface area contributed by atoms with Crippen molar-refractivity contribution >= 4 is 22.7 Å². The first-order chi connectivity index (χ1) is 10.6. The molecular weight excluding hydrogens is 284 g/mol. The maximum absolute atomic E-state index is 12.8. The second-order valence-corrected chi connectivity index (χ2v) is 5.51. The Hall–Kier alpha value is -2.83. The van der Waals surface area contributed by atoms with Gasteiger partial charge in [0.1, 0.15) is 5.52 Å². The van der Waals surface area contributed by atoms with Crippen LogP contribution in [0.5, 0.6) is 0 Å². The highest BCUT2D eigenvalue weighted by Crippen LogP contribution is 2.24. The molecule has 3 heterocycles. The van der Waals surface area contributed by atoms with Gasteiger partial charge in [0.2, 0.25) is 5.91 Å². The van der Waals surface area contributed by atoms with Crippen molar-refractivity contribution in [2.75, 3.05) is 5.73 Å². The zero-order valence-corrected chi connectivity index (χ0v) is 11.7. The molecule has 0 bridgehead atoms. The van der Waals surface area contributed by atoms with Crippen LogP contribution in [0.15, 0.2) is 39.9 Å². The molecule has 0 aliphatic carbocycles. The van der Waals surface area contributed by atoms with E-state index in [1.807, 2.05) is 4.57 Å². The summed E-state index contributed by atoms with van der Waals surface area (Å²) in [5.41, 5.74) is 7.84. The Morgan fingerprint density at radius 1 is 1.41 bits per heavy atom. The van der Waals surface area contributed by atoms with Crippen molar-refractivity contribution in [1.29, 1.82) is 0 Å². The highest BCUT2D eigenvalue weighted by Gasteiger charge is 2.29. The van der Waals surface area contributed by atoms with Gasteiger partial charge in [-0.05, 0) is 18.6 Å². The number of anilines is 1. The molecule has 0 spiro atoms. The Morgan fingerprint density at radius 2 is 2.27 bits per heavy atom. The molecule has 112 valence electrons. The monoisotopic (exact) mass is 298 g/mol. The number of hydrogen-bond donors (Lipinski definition) is 1. The van der Waals surface area contributed by atoms with Gasteiger partial charge in [-0.1, -0.05) is 6.07 Å². The Bertz CT molecular complexity index is 934. The van der Waals surface area contributed by atoms with E-state index in [2.05, 4.69) is 4.98 Å². The van der Waals surface area contributed by atoms with Gasteiger partial charge in [0, 0.05) is 30.8 Å². The molecule has 0 saturated heterocycles. The van der Waals surface area contributed by atoms with Crippen molar-refractivity contribution in [2.24, 2.45) is 5.92 Å². The van der Waals surface area contributed by atoms with E-state index in [4.69, 9.17) is 10.2 Å². The average Bonchev–Trinajstić information content (AvgIpc) is 3.10. The Balaban J connectivity index is 1.77. The van der Waals surface area contributed by atoms with E-state index in [0.29, 0.717) is 24.0 Å². The largest absolute Gasteiger partial charge is 0.426 e. The lowest BCUT2D eigenvalue weighted by molar-refractivity contribution is 0.0808. The van der Waals surface area contributed by atoms with Gasteiger partial charge in [-0.15, -0.1) is 0 Å². The zero-order chi connectivity index (χ0) is 15.3. The van der Waals surface area contributed by atoms with Gasteiger partial charge < -0.3 is 14.7 Å². The summed E-state index contributed by atoms with van der Waals surface area (Å²) >= 11 is 0. The highest BCUT2D eigenvalue weighted by molar-refractivity contribution is 5.94. The van der Waals surface area contributed by atoms with Crippen molar-refractivity contribution in [3.8, 4) is 0 Å². The van der Waals surface area contributed by atoms with Gasteiger partial charge >= 0.3 is 5.76 Å². The molecule has 3 aromatic rings. The minimum absolute atomic E-state index is 0.248. The van der Waals surface area contributed by atoms with Gasteiger partial charge in [-0.25, -0.2) is 14.3 Å². The second-order valence-electron chi connectivity index (χ2n) is 5.51. The zero-order valence-electron chi connectivity index (χ0n) is 11.7. The third kappa shape index (κ3) is 1.78. The van der Waals surface area contributed by atoms with E-state index < -0.39 is 5.76 Å². The molecule has 0 amide bonds. The van der Waals surface area contributed by atoms with Crippen molar-refractivity contribution in [1.82, 2.24) is 14.1 Å². The molecule has 1 unspecified atom stereocenters. The summed E-state index contributed by atoms with van der Waals surface area (Å²) in [4.78, 5) is 28.9. The number of rotatable bonds is 1. The molecule has 0 saturated carbocycles. The first kappa shape index (κ1) is 12.9. The van der Waals surface area contributed by atoms with Crippen molar-refractivity contribution in [3.63, 3.8) is 0 Å². The quantitative estimate of drug-likeness (QED) is 0.683. The van der Waals surface area contributed by atoms with Crippen LogP contribution in [-0.2, 0) is 13.0 Å². The predicted octanol–water partition coefficient (Wildman–Crippen LogP) is 1.28. The number of aromatic nitrogens is 3. The minimum atomic E-state index is -0.683. The number of oxazole rings is 1. The molecule has 2 aromatic heterocycles. The van der Waals surface area contributed by atoms with Crippen LogP contribution in [-0.4, -0.2) is 20.0 Å². The van der Waals surface area contributed by atoms with Gasteiger partial charge in [-0.3, -0.25) is 4.79 Å². The first-order valence-electron chi connectivity index (χ1n) is 7.08. The molecule has 7 nitrogen and oxygen atoms in total. The number of benzene rings is 1. The summed E-state index contributed by atoms with van der Waals surface area (Å²) in [6.07, 6.45) is 4.76. The molecule has 22 heavy (non-hydrogen) atoms. The number of nitrogens with two attached hydrogens (primary N) is 1. The number of aryl methyl sites for hydroxylation is 1. The van der Waals surface area contributed by atoms with Crippen molar-refractivity contribution in [2.45, 2.75) is 19.4 Å². The second kappa shape index (κ2) is 4.59. The Morgan fingerprint density at radius 3 is 3.14 bits per heavy atom. The van der Waals surface area contributed by atoms with Crippen molar-refractivity contribution in [3.05, 3.63) is 47.0 Å². The molecular formula is C15H14N4O3. The maximum Gasteiger partial charge on any atom is 0.426 e. The van der Waals surface area contributed by atoms with Crippen LogP contribution in [0.2, 0.25) is 0 Å². The lowest BCUT2D eigenvalue weighted by atomic mass is 9.95. The fourth-order valence-corrected chi connectivity index (χ4v) is 3.03. The van der Waals surface area contributed by atoms with Crippen molar-refractivity contribution < 1.29 is 9.21 Å². The van der Waals surface area contributed by atoms with E-state index in [0.717, 1.165) is 16.8 Å². The summed E-state index contributed by atoms with van der Waals surface area (Å²) < 4.78 is 8.27. The third-order valence-corrected chi connectivity index (χ3v) is 4.18. The summed E-state index contributed by atoms with van der Waals surface area (Å²) in [7, 11) is 0. The predicted molar refractivity (Wildman–Crippen MR) is 79.6 cm³/mol. The van der Waals surface area contributed by atoms with Crippen LogP contribution in [0, 0.1) is 5.92 Å². The fraction of sp³-hybridized carbons (Fsp3) is 0.267. The molecule has 7 heteroatoms. The molecule has 1 aliphatic rings. The number of fused-ring (bicyclic) bond motifs is 2. The smallest absolute Gasteiger partial charge is 0.405 e. The summed E-state index contributed by atoms with van der Waals surface area (Å²) in [6.45, 7) is 0.721. The molecule has 1 aliphatic heterocycles. The number of carbonyl (C=O) groups is 1. The van der Waals surface area contributed by atoms with E-state index >= 15 is 0 Å². The minimum Gasteiger partial charge on any atom is -0.405 e. The fourth-order valence-electron chi connectivity index (χ4n) is 3.03.